The maximum absolute atomic E-state index is 14.0. The van der Waals surface area contributed by atoms with Crippen LogP contribution in [0.1, 0.15) is 32.3 Å². The lowest BCUT2D eigenvalue weighted by molar-refractivity contribution is -0.140. The van der Waals surface area contributed by atoms with Crippen molar-refractivity contribution in [2.75, 3.05) is 17.4 Å². The number of benzene rings is 3. The van der Waals surface area contributed by atoms with E-state index in [1.54, 1.807) is 60.7 Å². The van der Waals surface area contributed by atoms with E-state index < -0.39 is 28.5 Å². The summed E-state index contributed by atoms with van der Waals surface area (Å²) in [6.07, 6.45) is 1.07. The van der Waals surface area contributed by atoms with E-state index in [2.05, 4.69) is 27.9 Å². The fourth-order valence-corrected chi connectivity index (χ4v) is 6.09. The monoisotopic (exact) mass is 701 g/mol. The molecule has 3 aromatic carbocycles. The number of halogens is 3. The summed E-state index contributed by atoms with van der Waals surface area (Å²) in [6.45, 7) is 3.74. The molecule has 3 aromatic rings. The molecular formula is C28H30Cl2IN3O4S. The minimum absolute atomic E-state index is 0.0414. The van der Waals surface area contributed by atoms with Crippen LogP contribution in [-0.4, -0.2) is 44.3 Å². The number of amides is 2. The average molecular weight is 702 g/mol. The summed E-state index contributed by atoms with van der Waals surface area (Å²) in [5, 5.41) is 3.54. The van der Waals surface area contributed by atoms with Gasteiger partial charge in [-0.1, -0.05) is 61.3 Å². The third-order valence-electron chi connectivity index (χ3n) is 6.00. The van der Waals surface area contributed by atoms with Crippen molar-refractivity contribution >= 4 is 73.3 Å². The Labute approximate surface area is 253 Å². The predicted molar refractivity (Wildman–Crippen MR) is 165 cm³/mol. The number of nitrogens with zero attached hydrogens (tertiary/aromatic N) is 2. The minimum atomic E-state index is -4.10. The highest BCUT2D eigenvalue weighted by Crippen LogP contribution is 2.27. The summed E-state index contributed by atoms with van der Waals surface area (Å²) in [4.78, 5) is 28.6. The molecule has 1 unspecified atom stereocenters. The van der Waals surface area contributed by atoms with Crippen LogP contribution in [0.15, 0.2) is 77.7 Å². The van der Waals surface area contributed by atoms with E-state index in [0.29, 0.717) is 34.3 Å². The number of sulfonamides is 1. The fourth-order valence-electron chi connectivity index (χ4n) is 3.98. The Morgan fingerprint density at radius 3 is 2.21 bits per heavy atom. The van der Waals surface area contributed by atoms with Crippen LogP contribution in [0.3, 0.4) is 0 Å². The molecule has 0 fully saturated rings. The zero-order valence-corrected chi connectivity index (χ0v) is 26.1. The van der Waals surface area contributed by atoms with Gasteiger partial charge in [0, 0.05) is 16.7 Å². The van der Waals surface area contributed by atoms with Crippen LogP contribution in [0.2, 0.25) is 10.0 Å². The van der Waals surface area contributed by atoms with E-state index in [9.17, 15) is 18.0 Å². The minimum Gasteiger partial charge on any atom is -0.354 e. The van der Waals surface area contributed by atoms with Crippen molar-refractivity contribution in [3.05, 3.63) is 92.0 Å². The first kappa shape index (κ1) is 31.2. The van der Waals surface area contributed by atoms with Crippen molar-refractivity contribution in [2.45, 2.75) is 44.2 Å². The van der Waals surface area contributed by atoms with Crippen molar-refractivity contribution in [1.29, 1.82) is 0 Å². The number of hydrogen-bond acceptors (Lipinski definition) is 4. The van der Waals surface area contributed by atoms with Gasteiger partial charge in [-0.25, -0.2) is 8.42 Å². The molecule has 0 saturated heterocycles. The normalized spacial score (nSPS) is 12.0. The van der Waals surface area contributed by atoms with Gasteiger partial charge in [-0.05, 0) is 89.5 Å². The summed E-state index contributed by atoms with van der Waals surface area (Å²) < 4.78 is 29.5. The smallest absolute Gasteiger partial charge is 0.264 e. The molecular weight excluding hydrogens is 672 g/mol. The summed E-state index contributed by atoms with van der Waals surface area (Å²) in [5.41, 5.74) is 0.997. The Kier molecular flexibility index (Phi) is 11.5. The van der Waals surface area contributed by atoms with Crippen LogP contribution >= 0.6 is 45.8 Å². The van der Waals surface area contributed by atoms with E-state index >= 15 is 0 Å². The molecule has 39 heavy (non-hydrogen) atoms. The Bertz CT molecular complexity index is 1390. The summed E-state index contributed by atoms with van der Waals surface area (Å²) in [7, 11) is -4.10. The summed E-state index contributed by atoms with van der Waals surface area (Å²) in [5.74, 6) is -0.836. The second kappa shape index (κ2) is 14.3. The van der Waals surface area contributed by atoms with Gasteiger partial charge < -0.3 is 10.2 Å². The maximum atomic E-state index is 14.0. The number of anilines is 1. The lowest BCUT2D eigenvalue weighted by Gasteiger charge is -2.33. The number of nitrogens with one attached hydrogen (secondary N) is 1. The van der Waals surface area contributed by atoms with Gasteiger partial charge in [0.1, 0.15) is 12.6 Å². The van der Waals surface area contributed by atoms with E-state index in [1.165, 1.54) is 17.0 Å². The Hall–Kier alpha value is -2.34. The Morgan fingerprint density at radius 1 is 0.949 bits per heavy atom. The van der Waals surface area contributed by atoms with Crippen molar-refractivity contribution < 1.29 is 18.0 Å². The predicted octanol–water partition coefficient (Wildman–Crippen LogP) is 6.13. The Balaban J connectivity index is 2.04. The van der Waals surface area contributed by atoms with Gasteiger partial charge in [0.2, 0.25) is 11.8 Å². The topological polar surface area (TPSA) is 86.8 Å². The van der Waals surface area contributed by atoms with Gasteiger partial charge in [-0.3, -0.25) is 13.9 Å². The molecule has 0 spiro atoms. The van der Waals surface area contributed by atoms with Gasteiger partial charge in [0.05, 0.1) is 20.6 Å². The fraction of sp³-hybridized carbons (Fsp3) is 0.286. The first-order chi connectivity index (χ1) is 18.6. The molecule has 1 N–H and O–H groups in total. The van der Waals surface area contributed by atoms with Crippen LogP contribution < -0.4 is 9.62 Å². The lowest BCUT2D eigenvalue weighted by Crippen LogP contribution is -2.52. The zero-order valence-electron chi connectivity index (χ0n) is 21.6. The van der Waals surface area contributed by atoms with Crippen LogP contribution in [-0.2, 0) is 26.2 Å². The van der Waals surface area contributed by atoms with Gasteiger partial charge in [-0.2, -0.15) is 0 Å². The molecule has 0 aliphatic rings. The van der Waals surface area contributed by atoms with Crippen LogP contribution in [0, 0.1) is 3.57 Å². The van der Waals surface area contributed by atoms with Crippen molar-refractivity contribution in [1.82, 2.24) is 10.2 Å². The average Bonchev–Trinajstić information content (AvgIpc) is 2.93. The number of carbonyl (C=O) groups is 2. The molecule has 7 nitrogen and oxygen atoms in total. The molecule has 11 heteroatoms. The van der Waals surface area contributed by atoms with Crippen molar-refractivity contribution in [2.24, 2.45) is 0 Å². The van der Waals surface area contributed by atoms with E-state index in [-0.39, 0.29) is 17.3 Å². The molecule has 0 bridgehead atoms. The highest BCUT2D eigenvalue weighted by Gasteiger charge is 2.33. The molecule has 3 rings (SSSR count). The van der Waals surface area contributed by atoms with Crippen LogP contribution in [0.25, 0.3) is 0 Å². The summed E-state index contributed by atoms with van der Waals surface area (Å²) >= 11 is 14.4. The number of carbonyl (C=O) groups excluding carboxylic acids is 2. The highest BCUT2D eigenvalue weighted by molar-refractivity contribution is 14.1. The SMILES string of the molecule is CCCNC(=O)C(CC)N(Cc1ccc(Cl)c(Cl)c1)C(=O)CN(c1ccc(I)cc1)S(=O)(=O)c1ccccc1. The first-order valence-electron chi connectivity index (χ1n) is 12.4. The molecule has 0 aliphatic heterocycles. The number of rotatable bonds is 12. The zero-order chi connectivity index (χ0) is 28.6. The molecule has 0 radical (unpaired) electrons. The van der Waals surface area contributed by atoms with Crippen LogP contribution in [0.5, 0.6) is 0 Å². The molecule has 1 atom stereocenters. The largest absolute Gasteiger partial charge is 0.354 e. The molecule has 208 valence electrons. The van der Waals surface area contributed by atoms with Crippen molar-refractivity contribution in [3.8, 4) is 0 Å². The van der Waals surface area contributed by atoms with E-state index in [0.717, 1.165) is 14.3 Å². The van der Waals surface area contributed by atoms with Crippen molar-refractivity contribution in [3.63, 3.8) is 0 Å². The standard InChI is InChI=1S/C28H30Cl2IN3O4S/c1-3-16-32-28(36)26(4-2)33(18-20-10-15-24(29)25(30)17-20)27(35)19-34(22-13-11-21(31)12-14-22)39(37,38)23-8-6-5-7-9-23/h5-15,17,26H,3-4,16,18-19H2,1-2H3,(H,32,36). The highest BCUT2D eigenvalue weighted by atomic mass is 127. The third-order valence-corrected chi connectivity index (χ3v) is 9.24. The molecule has 2 amide bonds. The maximum Gasteiger partial charge on any atom is 0.264 e. The molecule has 0 heterocycles. The quantitative estimate of drug-likeness (QED) is 0.231. The van der Waals surface area contributed by atoms with E-state index in [1.807, 2.05) is 13.8 Å². The molecule has 0 saturated carbocycles. The van der Waals surface area contributed by atoms with Crippen LogP contribution in [0.4, 0.5) is 5.69 Å². The molecule has 0 aliphatic carbocycles. The first-order valence-corrected chi connectivity index (χ1v) is 15.7. The van der Waals surface area contributed by atoms with E-state index in [4.69, 9.17) is 23.2 Å². The lowest BCUT2D eigenvalue weighted by atomic mass is 10.1. The summed E-state index contributed by atoms with van der Waals surface area (Å²) in [6, 6.07) is 19.0. The number of hydrogen-bond donors (Lipinski definition) is 1. The van der Waals surface area contributed by atoms with Gasteiger partial charge in [0.15, 0.2) is 0 Å². The van der Waals surface area contributed by atoms with Gasteiger partial charge >= 0.3 is 0 Å². The van der Waals surface area contributed by atoms with Gasteiger partial charge in [0.25, 0.3) is 10.0 Å². The third kappa shape index (κ3) is 8.09. The molecule has 0 aromatic heterocycles. The Morgan fingerprint density at radius 2 is 1.62 bits per heavy atom. The van der Waals surface area contributed by atoms with Gasteiger partial charge in [-0.15, -0.1) is 0 Å². The second-order valence-electron chi connectivity index (χ2n) is 8.79. The second-order valence-corrected chi connectivity index (χ2v) is 12.7.